The second-order valence-electron chi connectivity index (χ2n) is 6.19. The molecule has 3 rings (SSSR count). The number of aliphatic hydroxyl groups is 1. The summed E-state index contributed by atoms with van der Waals surface area (Å²) in [7, 11) is 1.60. The Morgan fingerprint density at radius 3 is 2.92 bits per heavy atom. The van der Waals surface area contributed by atoms with E-state index in [0.717, 1.165) is 12.8 Å². The fourth-order valence-corrected chi connectivity index (χ4v) is 3.39. The van der Waals surface area contributed by atoms with Gasteiger partial charge in [-0.1, -0.05) is 30.3 Å². The summed E-state index contributed by atoms with van der Waals surface area (Å²) >= 11 is 0. The Bertz CT molecular complexity index is 732. The molecular weight excluding hydrogens is 316 g/mol. The third-order valence-electron chi connectivity index (χ3n) is 4.62. The maximum atomic E-state index is 12.9. The van der Waals surface area contributed by atoms with Gasteiger partial charge in [-0.15, -0.1) is 0 Å². The van der Waals surface area contributed by atoms with E-state index in [9.17, 15) is 9.90 Å². The predicted octanol–water partition coefficient (Wildman–Crippen LogP) is 3.60. The second kappa shape index (κ2) is 8.03. The minimum Gasteiger partial charge on any atom is -0.497 e. The zero-order chi connectivity index (χ0) is 17.6. The molecule has 0 spiro atoms. The molecule has 0 unspecified atom stereocenters. The Kier molecular flexibility index (Phi) is 5.56. The van der Waals surface area contributed by atoms with Crippen molar-refractivity contribution in [3.05, 3.63) is 59.7 Å². The maximum absolute atomic E-state index is 12.9. The van der Waals surface area contributed by atoms with Crippen molar-refractivity contribution in [3.63, 3.8) is 0 Å². The molecule has 25 heavy (non-hydrogen) atoms. The first kappa shape index (κ1) is 17.3. The van der Waals surface area contributed by atoms with Crippen LogP contribution in [-0.2, 0) is 6.42 Å². The average Bonchev–Trinajstić information content (AvgIpc) is 3.06. The summed E-state index contributed by atoms with van der Waals surface area (Å²) in [5.41, 5.74) is 3.21. The highest BCUT2D eigenvalue weighted by molar-refractivity contribution is 5.90. The quantitative estimate of drug-likeness (QED) is 0.844. The highest BCUT2D eigenvalue weighted by atomic mass is 16.5. The number of aliphatic hydroxyl groups excluding tert-OH is 1. The van der Waals surface area contributed by atoms with E-state index in [1.807, 2.05) is 35.2 Å². The topological polar surface area (TPSA) is 61.8 Å². The maximum Gasteiger partial charge on any atom is 0.322 e. The summed E-state index contributed by atoms with van der Waals surface area (Å²) in [5, 5.41) is 12.2. The van der Waals surface area contributed by atoms with E-state index in [2.05, 4.69) is 17.4 Å². The Labute approximate surface area is 148 Å². The number of ether oxygens (including phenoxy) is 1. The summed E-state index contributed by atoms with van der Waals surface area (Å²) in [6.45, 7) is 0.586. The lowest BCUT2D eigenvalue weighted by Crippen LogP contribution is -2.38. The van der Waals surface area contributed by atoms with Gasteiger partial charge >= 0.3 is 6.03 Å². The predicted molar refractivity (Wildman–Crippen MR) is 97.9 cm³/mol. The van der Waals surface area contributed by atoms with E-state index in [4.69, 9.17) is 4.74 Å². The molecule has 0 aliphatic heterocycles. The summed E-state index contributed by atoms with van der Waals surface area (Å²) in [5.74, 6) is 0.700. The van der Waals surface area contributed by atoms with Crippen LogP contribution in [0.5, 0.6) is 5.75 Å². The van der Waals surface area contributed by atoms with E-state index in [-0.39, 0.29) is 18.7 Å². The smallest absolute Gasteiger partial charge is 0.322 e. The average molecular weight is 340 g/mol. The van der Waals surface area contributed by atoms with Crippen LogP contribution in [0.1, 0.15) is 30.0 Å². The molecule has 2 amide bonds. The molecule has 1 aliphatic carbocycles. The van der Waals surface area contributed by atoms with Crippen LogP contribution in [0.15, 0.2) is 48.5 Å². The lowest BCUT2D eigenvalue weighted by atomic mass is 10.1. The number of benzene rings is 2. The zero-order valence-electron chi connectivity index (χ0n) is 14.4. The summed E-state index contributed by atoms with van der Waals surface area (Å²) in [6, 6.07) is 15.5. The molecule has 0 radical (unpaired) electrons. The summed E-state index contributed by atoms with van der Waals surface area (Å²) < 4.78 is 5.21. The lowest BCUT2D eigenvalue weighted by Gasteiger charge is -2.30. The number of hydrogen-bond acceptors (Lipinski definition) is 3. The highest BCUT2D eigenvalue weighted by Gasteiger charge is 2.30. The van der Waals surface area contributed by atoms with Crippen molar-refractivity contribution >= 4 is 11.7 Å². The molecule has 132 valence electrons. The van der Waals surface area contributed by atoms with Crippen molar-refractivity contribution in [1.29, 1.82) is 0 Å². The van der Waals surface area contributed by atoms with Gasteiger partial charge in [0, 0.05) is 24.9 Å². The molecule has 0 fully saturated rings. The third kappa shape index (κ3) is 3.94. The molecule has 5 heteroatoms. The molecule has 2 aromatic rings. The van der Waals surface area contributed by atoms with Gasteiger partial charge in [0.15, 0.2) is 0 Å². The number of nitrogens with zero attached hydrogens (tertiary/aromatic N) is 1. The largest absolute Gasteiger partial charge is 0.497 e. The van der Waals surface area contributed by atoms with Gasteiger partial charge in [-0.05, 0) is 42.5 Å². The number of methoxy groups -OCH3 is 1. The van der Waals surface area contributed by atoms with Crippen LogP contribution in [0.4, 0.5) is 10.5 Å². The van der Waals surface area contributed by atoms with Crippen LogP contribution in [0, 0.1) is 0 Å². The van der Waals surface area contributed by atoms with E-state index in [1.165, 1.54) is 11.1 Å². The minimum absolute atomic E-state index is 0.0494. The van der Waals surface area contributed by atoms with Gasteiger partial charge in [-0.3, -0.25) is 0 Å². The Hall–Kier alpha value is -2.53. The van der Waals surface area contributed by atoms with E-state index >= 15 is 0 Å². The molecule has 0 heterocycles. The highest BCUT2D eigenvalue weighted by Crippen LogP contribution is 2.36. The fourth-order valence-electron chi connectivity index (χ4n) is 3.39. The van der Waals surface area contributed by atoms with Crippen LogP contribution in [0.2, 0.25) is 0 Å². The third-order valence-corrected chi connectivity index (χ3v) is 4.62. The number of hydrogen-bond donors (Lipinski definition) is 2. The van der Waals surface area contributed by atoms with Gasteiger partial charge in [-0.25, -0.2) is 4.79 Å². The van der Waals surface area contributed by atoms with Gasteiger partial charge < -0.3 is 20.1 Å². The molecule has 0 bridgehead atoms. The molecule has 0 aromatic heterocycles. The molecular formula is C20H24N2O3. The molecule has 0 saturated heterocycles. The van der Waals surface area contributed by atoms with Crippen molar-refractivity contribution in [2.24, 2.45) is 0 Å². The molecule has 5 nitrogen and oxygen atoms in total. The van der Waals surface area contributed by atoms with Gasteiger partial charge in [0.2, 0.25) is 0 Å². The zero-order valence-corrected chi connectivity index (χ0v) is 14.4. The van der Waals surface area contributed by atoms with Gasteiger partial charge in [0.25, 0.3) is 0 Å². The van der Waals surface area contributed by atoms with Crippen molar-refractivity contribution in [2.75, 3.05) is 25.6 Å². The SMILES string of the molecule is COc1cccc(NC(=O)N(CCCO)[C@@H]2CCc3ccccc32)c1. The Balaban J connectivity index is 1.79. The first-order chi connectivity index (χ1) is 12.2. The number of rotatable bonds is 6. The molecule has 1 atom stereocenters. The van der Waals surface area contributed by atoms with Gasteiger partial charge in [0.05, 0.1) is 13.2 Å². The first-order valence-electron chi connectivity index (χ1n) is 8.63. The summed E-state index contributed by atoms with van der Waals surface area (Å²) in [6.07, 6.45) is 2.45. The molecule has 2 aromatic carbocycles. The van der Waals surface area contributed by atoms with Crippen molar-refractivity contribution in [2.45, 2.75) is 25.3 Å². The lowest BCUT2D eigenvalue weighted by molar-refractivity contribution is 0.177. The Morgan fingerprint density at radius 2 is 2.12 bits per heavy atom. The second-order valence-corrected chi connectivity index (χ2v) is 6.19. The van der Waals surface area contributed by atoms with Gasteiger partial charge in [0.1, 0.15) is 5.75 Å². The van der Waals surface area contributed by atoms with Crippen LogP contribution >= 0.6 is 0 Å². The number of nitrogens with one attached hydrogen (secondary N) is 1. The van der Waals surface area contributed by atoms with E-state index < -0.39 is 0 Å². The molecule has 1 aliphatic rings. The monoisotopic (exact) mass is 340 g/mol. The Morgan fingerprint density at radius 1 is 1.28 bits per heavy atom. The number of aryl methyl sites for hydroxylation is 1. The van der Waals surface area contributed by atoms with Crippen LogP contribution in [0.25, 0.3) is 0 Å². The number of urea groups is 1. The number of carbonyl (C=O) groups excluding carboxylic acids is 1. The molecule has 0 saturated carbocycles. The van der Waals surface area contributed by atoms with Crippen LogP contribution < -0.4 is 10.1 Å². The van der Waals surface area contributed by atoms with E-state index in [0.29, 0.717) is 24.4 Å². The fraction of sp³-hybridized carbons (Fsp3) is 0.350. The molecule has 2 N–H and O–H groups in total. The van der Waals surface area contributed by atoms with Crippen molar-refractivity contribution in [3.8, 4) is 5.75 Å². The number of carbonyl (C=O) groups is 1. The number of anilines is 1. The number of fused-ring (bicyclic) bond motifs is 1. The van der Waals surface area contributed by atoms with Crippen molar-refractivity contribution in [1.82, 2.24) is 4.90 Å². The first-order valence-corrected chi connectivity index (χ1v) is 8.63. The van der Waals surface area contributed by atoms with Gasteiger partial charge in [-0.2, -0.15) is 0 Å². The van der Waals surface area contributed by atoms with Crippen LogP contribution in [0.3, 0.4) is 0 Å². The van der Waals surface area contributed by atoms with Crippen LogP contribution in [-0.4, -0.2) is 36.3 Å². The van der Waals surface area contributed by atoms with E-state index in [1.54, 1.807) is 13.2 Å². The standard InChI is InChI=1S/C20H24N2O3/c1-25-17-8-4-7-16(14-17)21-20(24)22(12-5-13-23)19-11-10-15-6-2-3-9-18(15)19/h2-4,6-9,14,19,23H,5,10-13H2,1H3,(H,21,24)/t19-/m1/s1. The number of amides is 2. The minimum atomic E-state index is -0.150. The summed E-state index contributed by atoms with van der Waals surface area (Å²) in [4.78, 5) is 14.7. The van der Waals surface area contributed by atoms with Crippen molar-refractivity contribution < 1.29 is 14.6 Å². The normalized spacial score (nSPS) is 15.5.